The van der Waals surface area contributed by atoms with Crippen LogP contribution in [0.4, 0.5) is 0 Å². The summed E-state index contributed by atoms with van der Waals surface area (Å²) < 4.78 is 6.28. The zero-order chi connectivity index (χ0) is 16.2. The Balaban J connectivity index is 2.58. The predicted molar refractivity (Wildman–Crippen MR) is 79.4 cm³/mol. The molecule has 0 radical (unpaired) electrons. The van der Waals surface area contributed by atoms with Crippen LogP contribution in [-0.4, -0.2) is 56.4 Å². The second kappa shape index (κ2) is 6.87. The molecule has 0 spiro atoms. The monoisotopic (exact) mass is 309 g/mol. The van der Waals surface area contributed by atoms with Gasteiger partial charge < -0.3 is 14.7 Å². The quantitative estimate of drug-likeness (QED) is 0.743. The molecule has 0 atom stereocenters. The van der Waals surface area contributed by atoms with E-state index in [9.17, 15) is 9.90 Å². The summed E-state index contributed by atoms with van der Waals surface area (Å²) in [5.41, 5.74) is -0.147. The van der Waals surface area contributed by atoms with Gasteiger partial charge in [0.25, 0.3) is 0 Å². The lowest BCUT2D eigenvalue weighted by Gasteiger charge is -2.45. The molecule has 122 valence electrons. The number of rotatable bonds is 7. The molecule has 2 rings (SSSR count). The van der Waals surface area contributed by atoms with E-state index in [0.29, 0.717) is 12.4 Å². The van der Waals surface area contributed by atoms with Gasteiger partial charge in [0.05, 0.1) is 13.7 Å². The molecule has 8 nitrogen and oxygen atoms in total. The molecule has 1 aromatic rings. The van der Waals surface area contributed by atoms with E-state index in [4.69, 9.17) is 4.74 Å². The minimum atomic E-state index is -0.502. The van der Waals surface area contributed by atoms with Crippen molar-refractivity contribution in [1.29, 1.82) is 0 Å². The lowest BCUT2D eigenvalue weighted by molar-refractivity contribution is -0.134. The number of tetrazole rings is 1. The van der Waals surface area contributed by atoms with Gasteiger partial charge in [-0.05, 0) is 23.3 Å². The fraction of sp³-hybridized carbons (Fsp3) is 0.714. The average molecular weight is 309 g/mol. The van der Waals surface area contributed by atoms with Gasteiger partial charge in [0, 0.05) is 12.7 Å². The number of β-amino-alcohol motifs (C(OH)–C–C–N with tert-alkyl or cyclic N) is 1. The summed E-state index contributed by atoms with van der Waals surface area (Å²) in [5.74, 6) is 0.130. The summed E-state index contributed by atoms with van der Waals surface area (Å²) >= 11 is 0. The number of ether oxygens (including phenoxy) is 1. The summed E-state index contributed by atoms with van der Waals surface area (Å²) in [5, 5.41) is 21.3. The van der Waals surface area contributed by atoms with Crippen LogP contribution in [0.25, 0.3) is 5.70 Å². The van der Waals surface area contributed by atoms with Crippen molar-refractivity contribution in [3.63, 3.8) is 0 Å². The highest BCUT2D eigenvalue weighted by Gasteiger charge is 2.45. The highest BCUT2D eigenvalue weighted by molar-refractivity contribution is 6.09. The van der Waals surface area contributed by atoms with Crippen molar-refractivity contribution >= 4 is 11.7 Å². The maximum absolute atomic E-state index is 12.0. The van der Waals surface area contributed by atoms with Crippen molar-refractivity contribution in [3.8, 4) is 0 Å². The predicted octanol–water partition coefficient (Wildman–Crippen LogP) is 0.748. The lowest BCUT2D eigenvalue weighted by Crippen LogP contribution is -2.49. The van der Waals surface area contributed by atoms with Crippen LogP contribution in [0.15, 0.2) is 6.20 Å². The first-order chi connectivity index (χ1) is 10.6. The van der Waals surface area contributed by atoms with Crippen LogP contribution in [0.5, 0.6) is 0 Å². The Bertz CT molecular complexity index is 548. The van der Waals surface area contributed by atoms with E-state index in [0.717, 1.165) is 25.7 Å². The minimum Gasteiger partial charge on any atom is -0.464 e. The van der Waals surface area contributed by atoms with Gasteiger partial charge in [-0.25, -0.2) is 4.79 Å². The number of hydrogen-bond donors (Lipinski definition) is 1. The Morgan fingerprint density at radius 2 is 2.05 bits per heavy atom. The molecular formula is C14H23N5O3. The third-order valence-electron chi connectivity index (χ3n) is 4.00. The normalized spacial score (nSPS) is 16.2. The second-order valence-corrected chi connectivity index (χ2v) is 5.37. The van der Waals surface area contributed by atoms with Crippen LogP contribution >= 0.6 is 0 Å². The van der Waals surface area contributed by atoms with Gasteiger partial charge in [0.15, 0.2) is 11.5 Å². The van der Waals surface area contributed by atoms with Gasteiger partial charge in [0.2, 0.25) is 0 Å². The van der Waals surface area contributed by atoms with Crippen LogP contribution in [0.3, 0.4) is 0 Å². The lowest BCUT2D eigenvalue weighted by atomic mass is 9.84. The Morgan fingerprint density at radius 1 is 1.36 bits per heavy atom. The number of aliphatic hydroxyl groups excluding tert-OH is 1. The van der Waals surface area contributed by atoms with Gasteiger partial charge >= 0.3 is 5.97 Å². The van der Waals surface area contributed by atoms with Crippen molar-refractivity contribution in [3.05, 3.63) is 12.0 Å². The third-order valence-corrected chi connectivity index (χ3v) is 4.00. The number of nitrogens with zero attached hydrogens (tertiary/aromatic N) is 5. The number of hydrogen-bond acceptors (Lipinski definition) is 7. The number of carbonyl (C=O) groups is 1. The van der Waals surface area contributed by atoms with Gasteiger partial charge in [0.1, 0.15) is 5.54 Å². The number of fused-ring (bicyclic) bond motifs is 1. The number of esters is 1. The zero-order valence-electron chi connectivity index (χ0n) is 13.3. The largest absolute Gasteiger partial charge is 0.464 e. The molecule has 0 saturated carbocycles. The minimum absolute atomic E-state index is 0.0122. The van der Waals surface area contributed by atoms with Crippen molar-refractivity contribution in [1.82, 2.24) is 25.1 Å². The molecule has 22 heavy (non-hydrogen) atoms. The molecule has 0 saturated heterocycles. The average Bonchev–Trinajstić information content (AvgIpc) is 3.00. The van der Waals surface area contributed by atoms with Crippen LogP contribution in [0, 0.1) is 0 Å². The van der Waals surface area contributed by atoms with E-state index in [1.54, 1.807) is 6.20 Å². The molecular weight excluding hydrogens is 286 g/mol. The number of carbonyl (C=O) groups excluding carboxylic acids is 1. The van der Waals surface area contributed by atoms with Crippen LogP contribution in [-0.2, 0) is 15.1 Å². The summed E-state index contributed by atoms with van der Waals surface area (Å²) in [4.78, 5) is 14.0. The van der Waals surface area contributed by atoms with Crippen LogP contribution in [0.1, 0.15) is 45.4 Å². The Hall–Kier alpha value is -1.96. The Morgan fingerprint density at radius 3 is 2.59 bits per heavy atom. The molecule has 0 bridgehead atoms. The van der Waals surface area contributed by atoms with Gasteiger partial charge in [-0.2, -0.15) is 4.68 Å². The zero-order valence-corrected chi connectivity index (χ0v) is 13.3. The first kappa shape index (κ1) is 16.4. The second-order valence-electron chi connectivity index (χ2n) is 5.37. The SMILES string of the molecule is CCCC1(CCC)c2nnnn2C(C(=O)OC)=CN1CCO. The summed E-state index contributed by atoms with van der Waals surface area (Å²) in [6.45, 7) is 4.60. The van der Waals surface area contributed by atoms with E-state index in [-0.39, 0.29) is 12.3 Å². The summed E-state index contributed by atoms with van der Waals surface area (Å²) in [7, 11) is 1.32. The molecule has 1 N–H and O–H groups in total. The van der Waals surface area contributed by atoms with Gasteiger partial charge in [-0.3, -0.25) is 0 Å². The number of methoxy groups -OCH3 is 1. The van der Waals surface area contributed by atoms with Crippen molar-refractivity contribution < 1.29 is 14.6 Å². The maximum atomic E-state index is 12.0. The molecule has 1 aromatic heterocycles. The maximum Gasteiger partial charge on any atom is 0.358 e. The van der Waals surface area contributed by atoms with E-state index < -0.39 is 11.5 Å². The Kier molecular flexibility index (Phi) is 5.12. The molecule has 1 aliphatic rings. The third kappa shape index (κ3) is 2.58. The fourth-order valence-corrected chi connectivity index (χ4v) is 3.19. The van der Waals surface area contributed by atoms with Crippen LogP contribution in [0.2, 0.25) is 0 Å². The smallest absolute Gasteiger partial charge is 0.358 e. The van der Waals surface area contributed by atoms with Crippen molar-refractivity contribution in [2.24, 2.45) is 0 Å². The Labute approximate surface area is 129 Å². The molecule has 0 amide bonds. The van der Waals surface area contributed by atoms with Gasteiger partial charge in [-0.15, -0.1) is 5.10 Å². The van der Waals surface area contributed by atoms with Crippen LogP contribution < -0.4 is 0 Å². The van der Waals surface area contributed by atoms with E-state index in [1.165, 1.54) is 11.8 Å². The molecule has 0 aromatic carbocycles. The van der Waals surface area contributed by atoms with E-state index in [1.807, 2.05) is 4.90 Å². The molecule has 0 unspecified atom stereocenters. The molecule has 8 heteroatoms. The molecule has 0 aliphatic carbocycles. The fourth-order valence-electron chi connectivity index (χ4n) is 3.19. The highest BCUT2D eigenvalue weighted by Crippen LogP contribution is 2.40. The molecule has 0 fully saturated rings. The molecule has 1 aliphatic heterocycles. The topological polar surface area (TPSA) is 93.4 Å². The van der Waals surface area contributed by atoms with Crippen molar-refractivity contribution in [2.45, 2.75) is 45.1 Å². The molecule has 2 heterocycles. The van der Waals surface area contributed by atoms with E-state index in [2.05, 4.69) is 29.4 Å². The summed E-state index contributed by atoms with van der Waals surface area (Å²) in [6.07, 6.45) is 5.27. The summed E-state index contributed by atoms with van der Waals surface area (Å²) in [6, 6.07) is 0. The first-order valence-corrected chi connectivity index (χ1v) is 7.61. The standard InChI is InChI=1S/C14H23N5O3/c1-4-6-14(7-5-2)13-15-16-17-19(13)11(12(21)22-3)10-18(14)8-9-20/h10,20H,4-9H2,1-3H3. The number of aromatic nitrogens is 4. The van der Waals surface area contributed by atoms with E-state index >= 15 is 0 Å². The van der Waals surface area contributed by atoms with Gasteiger partial charge in [-0.1, -0.05) is 26.7 Å². The highest BCUT2D eigenvalue weighted by atomic mass is 16.5. The number of aliphatic hydroxyl groups is 1. The first-order valence-electron chi connectivity index (χ1n) is 7.61. The van der Waals surface area contributed by atoms with Crippen molar-refractivity contribution in [2.75, 3.05) is 20.3 Å².